The molecule has 1 aliphatic heterocycles. The van der Waals surface area contributed by atoms with Crippen molar-refractivity contribution in [1.29, 1.82) is 0 Å². The summed E-state index contributed by atoms with van der Waals surface area (Å²) in [6.07, 6.45) is 0. The summed E-state index contributed by atoms with van der Waals surface area (Å²) in [6, 6.07) is 8.68. The van der Waals surface area contributed by atoms with Crippen molar-refractivity contribution in [3.63, 3.8) is 0 Å². The molecule has 0 saturated carbocycles. The maximum Gasteiger partial charge on any atom is 0.346 e. The summed E-state index contributed by atoms with van der Waals surface area (Å²) in [7, 11) is 0. The van der Waals surface area contributed by atoms with Gasteiger partial charge in [-0.1, -0.05) is 18.2 Å². The van der Waals surface area contributed by atoms with E-state index in [4.69, 9.17) is 0 Å². The Hall–Kier alpha value is -3.89. The first kappa shape index (κ1) is 20.4. The Morgan fingerprint density at radius 3 is 2.55 bits per heavy atom. The lowest BCUT2D eigenvalue weighted by atomic mass is 10.2. The predicted octanol–water partition coefficient (Wildman–Crippen LogP) is 1.76. The van der Waals surface area contributed by atoms with E-state index in [1.54, 1.807) is 18.2 Å². The molecule has 2 aromatic carbocycles. The van der Waals surface area contributed by atoms with Crippen LogP contribution in [-0.2, 0) is 24.4 Å². The summed E-state index contributed by atoms with van der Waals surface area (Å²) < 4.78 is 42.5. The fourth-order valence-electron chi connectivity index (χ4n) is 3.27. The number of hydrogen-bond donors (Lipinski definition) is 1. The smallest absolute Gasteiger partial charge is 0.330 e. The number of halogens is 3. The van der Waals surface area contributed by atoms with Crippen molar-refractivity contribution in [3.05, 3.63) is 81.8 Å². The Balaban J connectivity index is 1.50. The quantitative estimate of drug-likeness (QED) is 0.667. The van der Waals surface area contributed by atoms with Gasteiger partial charge in [-0.2, -0.15) is 0 Å². The van der Waals surface area contributed by atoms with E-state index in [9.17, 15) is 27.6 Å². The maximum absolute atomic E-state index is 13.9. The van der Waals surface area contributed by atoms with Crippen LogP contribution in [0.25, 0.3) is 0 Å². The Labute approximate surface area is 173 Å². The van der Waals surface area contributed by atoms with E-state index in [1.165, 1.54) is 11.0 Å². The van der Waals surface area contributed by atoms with Gasteiger partial charge in [-0.05, 0) is 18.2 Å². The molecule has 4 rings (SSSR count). The van der Waals surface area contributed by atoms with E-state index in [1.807, 2.05) is 0 Å². The summed E-state index contributed by atoms with van der Waals surface area (Å²) in [4.78, 5) is 38.8. The van der Waals surface area contributed by atoms with Gasteiger partial charge >= 0.3 is 5.69 Å². The topological polar surface area (TPSA) is 89.2 Å². The molecular formula is C20H16F3N5O3. The molecule has 0 radical (unpaired) electrons. The molecular weight excluding hydrogens is 415 g/mol. The van der Waals surface area contributed by atoms with Crippen molar-refractivity contribution >= 4 is 17.5 Å². The molecule has 11 heteroatoms. The molecule has 1 aliphatic rings. The van der Waals surface area contributed by atoms with Gasteiger partial charge in [0.05, 0.1) is 5.69 Å². The molecule has 2 amide bonds. The summed E-state index contributed by atoms with van der Waals surface area (Å²) in [5.74, 6) is -3.74. The van der Waals surface area contributed by atoms with E-state index in [-0.39, 0.29) is 31.1 Å². The van der Waals surface area contributed by atoms with E-state index in [2.05, 4.69) is 10.4 Å². The molecule has 0 saturated heterocycles. The highest BCUT2D eigenvalue weighted by Gasteiger charge is 2.30. The molecule has 0 spiro atoms. The van der Waals surface area contributed by atoms with Crippen LogP contribution in [0.4, 0.5) is 18.9 Å². The van der Waals surface area contributed by atoms with E-state index >= 15 is 0 Å². The van der Waals surface area contributed by atoms with Crippen LogP contribution in [0.1, 0.15) is 16.2 Å². The van der Waals surface area contributed by atoms with Crippen LogP contribution >= 0.6 is 0 Å². The zero-order valence-corrected chi connectivity index (χ0v) is 16.0. The number of nitrogens with zero attached hydrogens (tertiary/aromatic N) is 4. The third kappa shape index (κ3) is 4.06. The predicted molar refractivity (Wildman–Crippen MR) is 103 cm³/mol. The number of amides is 2. The van der Waals surface area contributed by atoms with Gasteiger partial charge in [0.2, 0.25) is 11.7 Å². The lowest BCUT2D eigenvalue weighted by Crippen LogP contribution is -2.42. The van der Waals surface area contributed by atoms with E-state index in [0.29, 0.717) is 11.6 Å². The van der Waals surface area contributed by atoms with Crippen molar-refractivity contribution in [2.45, 2.75) is 19.6 Å². The van der Waals surface area contributed by atoms with Crippen LogP contribution in [0.15, 0.2) is 47.3 Å². The first-order chi connectivity index (χ1) is 14.8. The summed E-state index contributed by atoms with van der Waals surface area (Å²) >= 11 is 0. The third-order valence-electron chi connectivity index (χ3n) is 4.81. The second kappa shape index (κ2) is 8.09. The van der Waals surface area contributed by atoms with Gasteiger partial charge in [-0.25, -0.2) is 22.6 Å². The van der Waals surface area contributed by atoms with Crippen molar-refractivity contribution in [2.24, 2.45) is 0 Å². The number of fused-ring (bicyclic) bond motifs is 1. The van der Waals surface area contributed by atoms with Crippen LogP contribution in [-0.4, -0.2) is 37.6 Å². The van der Waals surface area contributed by atoms with Gasteiger partial charge in [0.1, 0.15) is 24.0 Å². The first-order valence-corrected chi connectivity index (χ1v) is 9.28. The van der Waals surface area contributed by atoms with Crippen molar-refractivity contribution < 1.29 is 22.8 Å². The fourth-order valence-corrected chi connectivity index (χ4v) is 3.27. The zero-order chi connectivity index (χ0) is 22.1. The first-order valence-electron chi connectivity index (χ1n) is 9.28. The SMILES string of the molecule is O=C(Cn1nc2n(c1=O)CCN(Cc1ccccc1F)C2=O)Nc1ccc(F)cc1F. The zero-order valence-electron chi connectivity index (χ0n) is 16.0. The molecule has 160 valence electrons. The Morgan fingerprint density at radius 2 is 1.81 bits per heavy atom. The molecule has 0 fully saturated rings. The average molecular weight is 431 g/mol. The minimum absolute atomic E-state index is 0.0108. The van der Waals surface area contributed by atoms with Crippen molar-refractivity contribution in [2.75, 3.05) is 11.9 Å². The lowest BCUT2D eigenvalue weighted by Gasteiger charge is -2.26. The molecule has 1 aromatic heterocycles. The van der Waals surface area contributed by atoms with Crippen molar-refractivity contribution in [3.8, 4) is 0 Å². The molecule has 0 atom stereocenters. The molecule has 2 heterocycles. The van der Waals surface area contributed by atoms with Gasteiger partial charge in [-0.3, -0.25) is 14.2 Å². The number of nitrogens with one attached hydrogen (secondary N) is 1. The Bertz CT molecular complexity index is 1240. The number of hydrogen-bond acceptors (Lipinski definition) is 4. The number of carbonyl (C=O) groups is 2. The van der Waals surface area contributed by atoms with Crippen LogP contribution < -0.4 is 11.0 Å². The van der Waals surface area contributed by atoms with Crippen LogP contribution in [0.2, 0.25) is 0 Å². The van der Waals surface area contributed by atoms with E-state index < -0.39 is 41.5 Å². The monoisotopic (exact) mass is 431 g/mol. The molecule has 3 aromatic rings. The summed E-state index contributed by atoms with van der Waals surface area (Å²) in [5, 5.41) is 6.16. The number of carbonyl (C=O) groups excluding carboxylic acids is 2. The van der Waals surface area contributed by atoms with Gasteiger partial charge in [0.15, 0.2) is 0 Å². The number of rotatable bonds is 5. The van der Waals surface area contributed by atoms with Gasteiger partial charge in [0, 0.05) is 31.3 Å². The van der Waals surface area contributed by atoms with Gasteiger partial charge in [0.25, 0.3) is 5.91 Å². The number of benzene rings is 2. The highest BCUT2D eigenvalue weighted by atomic mass is 19.1. The minimum Gasteiger partial charge on any atom is -0.330 e. The minimum atomic E-state index is -0.969. The van der Waals surface area contributed by atoms with E-state index in [0.717, 1.165) is 21.4 Å². The lowest BCUT2D eigenvalue weighted by molar-refractivity contribution is -0.117. The van der Waals surface area contributed by atoms with Gasteiger partial charge in [-0.15, -0.1) is 5.10 Å². The largest absolute Gasteiger partial charge is 0.346 e. The van der Waals surface area contributed by atoms with Crippen LogP contribution in [0.5, 0.6) is 0 Å². The van der Waals surface area contributed by atoms with Crippen molar-refractivity contribution in [1.82, 2.24) is 19.2 Å². The second-order valence-electron chi connectivity index (χ2n) is 6.91. The van der Waals surface area contributed by atoms with Crippen LogP contribution in [0.3, 0.4) is 0 Å². The maximum atomic E-state index is 13.9. The fraction of sp³-hybridized carbons (Fsp3) is 0.200. The Kier molecular flexibility index (Phi) is 5.32. The summed E-state index contributed by atoms with van der Waals surface area (Å²) in [6.45, 7) is -0.269. The second-order valence-corrected chi connectivity index (χ2v) is 6.91. The average Bonchev–Trinajstić information content (AvgIpc) is 3.04. The number of aromatic nitrogens is 3. The molecule has 0 bridgehead atoms. The third-order valence-corrected chi connectivity index (χ3v) is 4.81. The normalized spacial score (nSPS) is 13.3. The molecule has 8 nitrogen and oxygen atoms in total. The highest BCUT2D eigenvalue weighted by Crippen LogP contribution is 2.16. The molecule has 31 heavy (non-hydrogen) atoms. The molecule has 0 unspecified atom stereocenters. The highest BCUT2D eigenvalue weighted by molar-refractivity contribution is 5.92. The van der Waals surface area contributed by atoms with Gasteiger partial charge < -0.3 is 10.2 Å². The molecule has 0 aliphatic carbocycles. The molecule has 1 N–H and O–H groups in total. The number of anilines is 1. The Morgan fingerprint density at radius 1 is 1.03 bits per heavy atom. The van der Waals surface area contributed by atoms with Crippen LogP contribution in [0, 0.1) is 17.5 Å². The standard InChI is InChI=1S/C20H16F3N5O3/c21-13-5-6-16(15(23)9-13)24-17(29)11-28-20(31)27-8-7-26(19(30)18(27)25-28)10-12-3-1-2-4-14(12)22/h1-6,9H,7-8,10-11H2,(H,24,29). The summed E-state index contributed by atoms with van der Waals surface area (Å²) in [5.41, 5.74) is -0.606.